The third-order valence-electron chi connectivity index (χ3n) is 4.87. The molecular weight excluding hydrogens is 366 g/mol. The van der Waals surface area contributed by atoms with E-state index in [2.05, 4.69) is 49.1 Å². The number of nitrogens with zero attached hydrogens (tertiary/aromatic N) is 1. The smallest absolute Gasteiger partial charge is 0.352 e. The highest BCUT2D eigenvalue weighted by molar-refractivity contribution is 7.10. The molecule has 0 radical (unpaired) electrons. The van der Waals surface area contributed by atoms with Crippen LogP contribution in [0.5, 0.6) is 0 Å². The van der Waals surface area contributed by atoms with Crippen LogP contribution in [0.2, 0.25) is 0 Å². The molecule has 0 saturated heterocycles. The Balaban J connectivity index is 1.63. The Kier molecular flexibility index (Phi) is 4.85. The lowest BCUT2D eigenvalue weighted by atomic mass is 9.73. The minimum absolute atomic E-state index is 0.0574. The van der Waals surface area contributed by atoms with Gasteiger partial charge in [-0.3, -0.25) is 0 Å². The van der Waals surface area contributed by atoms with Crippen molar-refractivity contribution in [2.45, 2.75) is 25.7 Å². The van der Waals surface area contributed by atoms with Crippen LogP contribution >= 0.6 is 11.3 Å². The van der Waals surface area contributed by atoms with Crippen LogP contribution in [-0.4, -0.2) is 11.0 Å². The number of aromatic nitrogens is 1. The number of benzene rings is 2. The summed E-state index contributed by atoms with van der Waals surface area (Å²) in [5.41, 5.74) is 4.92. The SMILES string of the molecule is CC1(C)CC=C(c2nccs2)c2cc(C#COC(=O)c3ccccc3)ccc21. The van der Waals surface area contributed by atoms with Gasteiger partial charge in [0.1, 0.15) is 11.1 Å². The topological polar surface area (TPSA) is 39.2 Å². The molecule has 1 aliphatic carbocycles. The largest absolute Gasteiger partial charge is 0.368 e. The second kappa shape index (κ2) is 7.46. The minimum atomic E-state index is -0.449. The highest BCUT2D eigenvalue weighted by atomic mass is 32.1. The molecule has 0 N–H and O–H groups in total. The first-order valence-electron chi connectivity index (χ1n) is 9.07. The molecule has 1 heterocycles. The summed E-state index contributed by atoms with van der Waals surface area (Å²) in [7, 11) is 0. The number of carbonyl (C=O) groups excluding carboxylic acids is 1. The molecule has 0 fully saturated rings. The Labute approximate surface area is 168 Å². The predicted molar refractivity (Wildman–Crippen MR) is 112 cm³/mol. The third-order valence-corrected chi connectivity index (χ3v) is 5.67. The van der Waals surface area contributed by atoms with Gasteiger partial charge in [-0.15, -0.1) is 11.3 Å². The average Bonchev–Trinajstić information content (AvgIpc) is 3.23. The van der Waals surface area contributed by atoms with Gasteiger partial charge in [0.05, 0.1) is 5.56 Å². The van der Waals surface area contributed by atoms with Crippen LogP contribution in [0.4, 0.5) is 0 Å². The number of thiazole rings is 1. The van der Waals surface area contributed by atoms with Crippen LogP contribution in [0.15, 0.2) is 66.2 Å². The summed E-state index contributed by atoms with van der Waals surface area (Å²) < 4.78 is 5.09. The van der Waals surface area contributed by atoms with E-state index in [1.54, 1.807) is 35.6 Å². The van der Waals surface area contributed by atoms with E-state index in [4.69, 9.17) is 4.74 Å². The van der Waals surface area contributed by atoms with Crippen molar-refractivity contribution in [2.24, 2.45) is 0 Å². The second-order valence-corrected chi connectivity index (χ2v) is 8.18. The molecule has 4 heteroatoms. The summed E-state index contributed by atoms with van der Waals surface area (Å²) >= 11 is 1.63. The first kappa shape index (κ1) is 18.2. The number of allylic oxidation sites excluding steroid dienone is 1. The van der Waals surface area contributed by atoms with Crippen LogP contribution in [0, 0.1) is 12.0 Å². The zero-order chi connectivity index (χ0) is 19.6. The summed E-state index contributed by atoms with van der Waals surface area (Å²) in [6.07, 6.45) is 7.60. The van der Waals surface area contributed by atoms with E-state index >= 15 is 0 Å². The number of hydrogen-bond donors (Lipinski definition) is 0. The Morgan fingerprint density at radius 3 is 2.75 bits per heavy atom. The predicted octanol–water partition coefficient (Wildman–Crippen LogP) is 5.42. The van der Waals surface area contributed by atoms with E-state index in [-0.39, 0.29) is 5.41 Å². The van der Waals surface area contributed by atoms with Crippen LogP contribution in [-0.2, 0) is 10.2 Å². The van der Waals surface area contributed by atoms with Crippen molar-refractivity contribution in [3.05, 3.63) is 93.4 Å². The van der Waals surface area contributed by atoms with Crippen LogP contribution < -0.4 is 0 Å². The van der Waals surface area contributed by atoms with Crippen molar-refractivity contribution < 1.29 is 9.53 Å². The van der Waals surface area contributed by atoms with Gasteiger partial charge in [0.2, 0.25) is 0 Å². The van der Waals surface area contributed by atoms with E-state index in [0.29, 0.717) is 5.56 Å². The van der Waals surface area contributed by atoms with Crippen molar-refractivity contribution in [1.29, 1.82) is 0 Å². The first-order valence-corrected chi connectivity index (χ1v) is 9.95. The molecule has 4 rings (SSSR count). The molecule has 28 heavy (non-hydrogen) atoms. The number of fused-ring (bicyclic) bond motifs is 1. The lowest BCUT2D eigenvalue weighted by molar-refractivity contribution is 0.0690. The number of ether oxygens (including phenoxy) is 1. The van der Waals surface area contributed by atoms with Gasteiger partial charge in [0.15, 0.2) is 0 Å². The monoisotopic (exact) mass is 385 g/mol. The van der Waals surface area contributed by atoms with Gasteiger partial charge in [-0.25, -0.2) is 9.78 Å². The minimum Gasteiger partial charge on any atom is -0.368 e. The molecule has 1 aliphatic rings. The zero-order valence-corrected chi connectivity index (χ0v) is 16.5. The summed E-state index contributed by atoms with van der Waals surface area (Å²) in [4.78, 5) is 16.5. The molecule has 0 atom stereocenters. The van der Waals surface area contributed by atoms with E-state index in [1.165, 1.54) is 5.56 Å². The first-order chi connectivity index (χ1) is 13.5. The zero-order valence-electron chi connectivity index (χ0n) is 15.7. The maximum absolute atomic E-state index is 12.0. The van der Waals surface area contributed by atoms with E-state index < -0.39 is 5.97 Å². The molecule has 0 bridgehead atoms. The lowest BCUT2D eigenvalue weighted by Gasteiger charge is -2.31. The summed E-state index contributed by atoms with van der Waals surface area (Å²) in [6, 6.07) is 15.0. The van der Waals surface area contributed by atoms with Gasteiger partial charge in [0, 0.05) is 22.7 Å². The highest BCUT2D eigenvalue weighted by Crippen LogP contribution is 2.41. The summed E-state index contributed by atoms with van der Waals surface area (Å²) in [5.74, 6) is 2.50. The number of carbonyl (C=O) groups is 1. The normalized spacial score (nSPS) is 14.3. The number of hydrogen-bond acceptors (Lipinski definition) is 4. The fourth-order valence-corrected chi connectivity index (χ4v) is 4.03. The van der Waals surface area contributed by atoms with Crippen molar-refractivity contribution in [3.63, 3.8) is 0 Å². The highest BCUT2D eigenvalue weighted by Gasteiger charge is 2.29. The summed E-state index contributed by atoms with van der Waals surface area (Å²) in [5, 5.41) is 3.00. The Morgan fingerprint density at radius 2 is 2.00 bits per heavy atom. The van der Waals surface area contributed by atoms with Gasteiger partial charge in [-0.2, -0.15) is 0 Å². The van der Waals surface area contributed by atoms with Gasteiger partial charge >= 0.3 is 5.97 Å². The molecule has 1 aromatic heterocycles. The average molecular weight is 385 g/mol. The van der Waals surface area contributed by atoms with Crippen LogP contribution in [0.3, 0.4) is 0 Å². The lowest BCUT2D eigenvalue weighted by Crippen LogP contribution is -2.21. The Morgan fingerprint density at radius 1 is 1.18 bits per heavy atom. The van der Waals surface area contributed by atoms with Crippen molar-refractivity contribution >= 4 is 22.9 Å². The van der Waals surface area contributed by atoms with Crippen LogP contribution in [0.1, 0.15) is 52.3 Å². The standard InChI is InChI=1S/C24H19NO2S/c1-24(2)12-10-19(22-25-13-15-28-22)20-16-17(8-9-21(20)24)11-14-27-23(26)18-6-4-3-5-7-18/h3-10,13,15-16H,12H2,1-2H3. The summed E-state index contributed by atoms with van der Waals surface area (Å²) in [6.45, 7) is 4.49. The maximum Gasteiger partial charge on any atom is 0.352 e. The Bertz CT molecular complexity index is 1100. The van der Waals surface area contributed by atoms with Crippen molar-refractivity contribution in [2.75, 3.05) is 0 Å². The molecule has 0 amide bonds. The van der Waals surface area contributed by atoms with Gasteiger partial charge in [-0.05, 0) is 53.1 Å². The van der Waals surface area contributed by atoms with Crippen molar-refractivity contribution in [1.82, 2.24) is 4.98 Å². The molecule has 2 aromatic carbocycles. The Hall–Kier alpha value is -3.16. The molecule has 0 spiro atoms. The van der Waals surface area contributed by atoms with E-state index in [1.807, 2.05) is 23.7 Å². The molecule has 0 aliphatic heterocycles. The molecule has 0 unspecified atom stereocenters. The molecular formula is C24H19NO2S. The molecule has 138 valence electrons. The van der Waals surface area contributed by atoms with Gasteiger partial charge < -0.3 is 4.74 Å². The molecule has 3 nitrogen and oxygen atoms in total. The fourth-order valence-electron chi connectivity index (χ4n) is 3.34. The number of esters is 1. The maximum atomic E-state index is 12.0. The molecule has 3 aromatic rings. The quantitative estimate of drug-likeness (QED) is 0.437. The second-order valence-electron chi connectivity index (χ2n) is 7.29. The number of rotatable bonds is 2. The van der Waals surface area contributed by atoms with E-state index in [0.717, 1.165) is 28.1 Å². The third kappa shape index (κ3) is 3.62. The fraction of sp³-hybridized carbons (Fsp3) is 0.167. The van der Waals surface area contributed by atoms with Gasteiger partial charge in [0.25, 0.3) is 0 Å². The van der Waals surface area contributed by atoms with Crippen molar-refractivity contribution in [3.8, 4) is 12.0 Å². The molecule has 0 saturated carbocycles. The van der Waals surface area contributed by atoms with Crippen LogP contribution in [0.25, 0.3) is 5.57 Å². The van der Waals surface area contributed by atoms with E-state index in [9.17, 15) is 4.79 Å². The van der Waals surface area contributed by atoms with Gasteiger partial charge in [-0.1, -0.05) is 44.2 Å².